The number of halogens is 1. The summed E-state index contributed by atoms with van der Waals surface area (Å²) < 4.78 is 23.9. The molecule has 3 aromatic rings. The number of carbonyl (C=O) groups is 1. The van der Waals surface area contributed by atoms with Crippen molar-refractivity contribution >= 4 is 17.6 Å². The lowest BCUT2D eigenvalue weighted by Crippen LogP contribution is -2.52. The first-order valence-corrected chi connectivity index (χ1v) is 11.6. The molecule has 2 aliphatic rings. The van der Waals surface area contributed by atoms with Crippen molar-refractivity contribution in [3.05, 3.63) is 54.3 Å². The average molecular weight is 466 g/mol. The fourth-order valence-electron chi connectivity index (χ4n) is 4.65. The summed E-state index contributed by atoms with van der Waals surface area (Å²) in [6.07, 6.45) is 1.75. The van der Waals surface area contributed by atoms with E-state index in [4.69, 9.17) is 9.26 Å². The van der Waals surface area contributed by atoms with Crippen molar-refractivity contribution < 1.29 is 18.4 Å². The zero-order valence-corrected chi connectivity index (χ0v) is 19.2. The van der Waals surface area contributed by atoms with E-state index in [1.54, 1.807) is 19.2 Å². The van der Waals surface area contributed by atoms with Gasteiger partial charge in [-0.1, -0.05) is 5.16 Å². The molecule has 178 valence electrons. The lowest BCUT2D eigenvalue weighted by molar-refractivity contribution is -0.136. The van der Waals surface area contributed by atoms with Gasteiger partial charge in [0.25, 0.3) is 0 Å². The third-order valence-electron chi connectivity index (χ3n) is 6.59. The molecule has 34 heavy (non-hydrogen) atoms. The molecule has 0 spiro atoms. The van der Waals surface area contributed by atoms with Gasteiger partial charge >= 0.3 is 6.01 Å². The van der Waals surface area contributed by atoms with E-state index in [1.165, 1.54) is 12.1 Å². The van der Waals surface area contributed by atoms with Gasteiger partial charge in [-0.2, -0.15) is 4.98 Å². The van der Waals surface area contributed by atoms with Crippen LogP contribution in [0.2, 0.25) is 0 Å². The van der Waals surface area contributed by atoms with E-state index in [9.17, 15) is 9.18 Å². The van der Waals surface area contributed by atoms with Crippen LogP contribution in [0, 0.1) is 11.7 Å². The maximum Gasteiger partial charge on any atom is 0.324 e. The highest BCUT2D eigenvalue weighted by atomic mass is 19.1. The van der Waals surface area contributed by atoms with Crippen LogP contribution in [-0.4, -0.2) is 67.3 Å². The second kappa shape index (κ2) is 9.70. The molecule has 0 aliphatic carbocycles. The molecule has 1 unspecified atom stereocenters. The maximum atomic E-state index is 13.3. The molecule has 2 aromatic carbocycles. The summed E-state index contributed by atoms with van der Waals surface area (Å²) >= 11 is 0. The van der Waals surface area contributed by atoms with Gasteiger partial charge in [-0.25, -0.2) is 4.39 Å². The Hall–Kier alpha value is -3.62. The van der Waals surface area contributed by atoms with Gasteiger partial charge in [-0.3, -0.25) is 4.79 Å². The van der Waals surface area contributed by atoms with Crippen molar-refractivity contribution in [3.8, 4) is 17.1 Å². The van der Waals surface area contributed by atoms with Gasteiger partial charge in [0.05, 0.1) is 13.0 Å². The van der Waals surface area contributed by atoms with Gasteiger partial charge in [0.2, 0.25) is 11.7 Å². The smallest absolute Gasteiger partial charge is 0.324 e. The first-order valence-electron chi connectivity index (χ1n) is 11.6. The summed E-state index contributed by atoms with van der Waals surface area (Å²) in [5.74, 6) is 1.13. The Bertz CT molecular complexity index is 1110. The largest absolute Gasteiger partial charge is 0.497 e. The molecule has 0 bridgehead atoms. The number of rotatable bonds is 5. The van der Waals surface area contributed by atoms with Crippen LogP contribution in [-0.2, 0) is 4.79 Å². The van der Waals surface area contributed by atoms with E-state index in [0.717, 1.165) is 49.5 Å². The normalized spacial score (nSPS) is 18.8. The molecule has 2 fully saturated rings. The molecule has 2 aliphatic heterocycles. The third kappa shape index (κ3) is 4.69. The van der Waals surface area contributed by atoms with Crippen molar-refractivity contribution in [3.63, 3.8) is 0 Å². The zero-order valence-electron chi connectivity index (χ0n) is 19.2. The highest BCUT2D eigenvalue weighted by Gasteiger charge is 2.32. The van der Waals surface area contributed by atoms with Crippen LogP contribution in [0.15, 0.2) is 53.1 Å². The van der Waals surface area contributed by atoms with Crippen molar-refractivity contribution in [2.24, 2.45) is 5.92 Å². The van der Waals surface area contributed by atoms with E-state index >= 15 is 0 Å². The molecule has 1 atom stereocenters. The number of amides is 1. The molecule has 3 heterocycles. The molecule has 2 saturated heterocycles. The van der Waals surface area contributed by atoms with Gasteiger partial charge in [-0.15, -0.1) is 0 Å². The quantitative estimate of drug-likeness (QED) is 0.571. The SMILES string of the molecule is COc1ccc(-c2noc(N3CCCC(C(=O)N4CCN(c5ccc(F)cc5)CC4)C3)n2)cc1. The summed E-state index contributed by atoms with van der Waals surface area (Å²) in [6, 6.07) is 14.5. The Morgan fingerprint density at radius 1 is 1.00 bits per heavy atom. The number of anilines is 2. The van der Waals surface area contributed by atoms with Crippen LogP contribution in [0.3, 0.4) is 0 Å². The van der Waals surface area contributed by atoms with Crippen LogP contribution < -0.4 is 14.5 Å². The number of ether oxygens (including phenoxy) is 1. The first kappa shape index (κ1) is 22.2. The molecular formula is C25H28FN5O3. The third-order valence-corrected chi connectivity index (χ3v) is 6.59. The van der Waals surface area contributed by atoms with Gasteiger partial charge in [0.15, 0.2) is 0 Å². The predicted molar refractivity (Wildman–Crippen MR) is 126 cm³/mol. The summed E-state index contributed by atoms with van der Waals surface area (Å²) in [5.41, 5.74) is 1.83. The van der Waals surface area contributed by atoms with Crippen LogP contribution in [0.4, 0.5) is 16.1 Å². The van der Waals surface area contributed by atoms with Crippen LogP contribution in [0.25, 0.3) is 11.4 Å². The minimum absolute atomic E-state index is 0.0949. The Balaban J connectivity index is 1.19. The summed E-state index contributed by atoms with van der Waals surface area (Å²) in [4.78, 5) is 24.0. The van der Waals surface area contributed by atoms with Gasteiger partial charge < -0.3 is 24.0 Å². The fraction of sp³-hybridized carbons (Fsp3) is 0.400. The van der Waals surface area contributed by atoms with Crippen LogP contribution >= 0.6 is 0 Å². The van der Waals surface area contributed by atoms with Crippen molar-refractivity contribution in [2.45, 2.75) is 12.8 Å². The van der Waals surface area contributed by atoms with Gasteiger partial charge in [-0.05, 0) is 61.4 Å². The number of hydrogen-bond donors (Lipinski definition) is 0. The van der Waals surface area contributed by atoms with Crippen molar-refractivity contribution in [1.82, 2.24) is 15.0 Å². The Labute approximate surface area is 197 Å². The predicted octanol–water partition coefficient (Wildman–Crippen LogP) is 3.45. The molecule has 1 aromatic heterocycles. The van der Waals surface area contributed by atoms with E-state index < -0.39 is 0 Å². The molecule has 0 saturated carbocycles. The Morgan fingerprint density at radius 3 is 2.44 bits per heavy atom. The molecule has 1 amide bonds. The van der Waals surface area contributed by atoms with Crippen LogP contribution in [0.1, 0.15) is 12.8 Å². The zero-order chi connectivity index (χ0) is 23.5. The topological polar surface area (TPSA) is 74.9 Å². The molecule has 0 radical (unpaired) electrons. The van der Waals surface area contributed by atoms with E-state index in [2.05, 4.69) is 15.0 Å². The van der Waals surface area contributed by atoms with Crippen molar-refractivity contribution in [2.75, 3.05) is 56.2 Å². The van der Waals surface area contributed by atoms with E-state index in [1.807, 2.05) is 34.1 Å². The average Bonchev–Trinajstić information content (AvgIpc) is 3.39. The van der Waals surface area contributed by atoms with Gasteiger partial charge in [0, 0.05) is 50.5 Å². The number of methoxy groups -OCH3 is 1. The maximum absolute atomic E-state index is 13.3. The minimum atomic E-state index is -0.239. The molecular weight excluding hydrogens is 437 g/mol. The summed E-state index contributed by atoms with van der Waals surface area (Å²) in [6.45, 7) is 4.16. The van der Waals surface area contributed by atoms with E-state index in [0.29, 0.717) is 31.5 Å². The van der Waals surface area contributed by atoms with E-state index in [-0.39, 0.29) is 17.6 Å². The standard InChI is InChI=1S/C25H28FN5O3/c1-33-22-10-4-18(5-11-22)23-27-25(34-28-23)31-12-2-3-19(17-31)24(32)30-15-13-29(14-16-30)21-8-6-20(26)7-9-21/h4-11,19H,2-3,12-17H2,1H3. The van der Waals surface area contributed by atoms with Gasteiger partial charge in [0.1, 0.15) is 11.6 Å². The molecule has 0 N–H and O–H groups in total. The summed E-state index contributed by atoms with van der Waals surface area (Å²) in [5, 5.41) is 4.13. The lowest BCUT2D eigenvalue weighted by atomic mass is 9.96. The fourth-order valence-corrected chi connectivity index (χ4v) is 4.65. The molecule has 5 rings (SSSR count). The number of benzene rings is 2. The second-order valence-electron chi connectivity index (χ2n) is 8.70. The highest BCUT2D eigenvalue weighted by Crippen LogP contribution is 2.27. The number of piperidine rings is 1. The molecule has 9 heteroatoms. The number of aromatic nitrogens is 2. The lowest BCUT2D eigenvalue weighted by Gasteiger charge is -2.39. The summed E-state index contributed by atoms with van der Waals surface area (Å²) in [7, 11) is 1.63. The number of nitrogens with zero attached hydrogens (tertiary/aromatic N) is 5. The first-order chi connectivity index (χ1) is 16.6. The highest BCUT2D eigenvalue weighted by molar-refractivity contribution is 5.80. The Kier molecular flexibility index (Phi) is 6.33. The number of piperazine rings is 1. The Morgan fingerprint density at radius 2 is 1.74 bits per heavy atom. The number of carbonyl (C=O) groups excluding carboxylic acids is 1. The second-order valence-corrected chi connectivity index (χ2v) is 8.70. The number of hydrogen-bond acceptors (Lipinski definition) is 7. The van der Waals surface area contributed by atoms with Crippen LogP contribution in [0.5, 0.6) is 5.75 Å². The minimum Gasteiger partial charge on any atom is -0.497 e. The van der Waals surface area contributed by atoms with Crippen molar-refractivity contribution in [1.29, 1.82) is 0 Å². The monoisotopic (exact) mass is 465 g/mol. The molecule has 8 nitrogen and oxygen atoms in total.